The fourth-order valence-electron chi connectivity index (χ4n) is 8.37. The first-order valence-corrected chi connectivity index (χ1v) is 34.6. The van der Waals surface area contributed by atoms with Gasteiger partial charge in [0, 0.05) is 78.8 Å². The van der Waals surface area contributed by atoms with Crippen molar-refractivity contribution in [1.82, 2.24) is 14.7 Å². The van der Waals surface area contributed by atoms with Gasteiger partial charge in [-0.3, -0.25) is 9.80 Å². The minimum Gasteiger partial charge on any atom is -0.464 e. The third-order valence-electron chi connectivity index (χ3n) is 14.1. The molecule has 0 aliphatic heterocycles. The van der Waals surface area contributed by atoms with Crippen LogP contribution in [-0.4, -0.2) is 249 Å². The SMILES string of the molecule is CCCC/C=C\CCOCOCCCCOC(=O)C(O)CN(CCN(C)CCN(CC(O)C(=O)OCCCCOCOCC/C=C\CCCC)CC(O)C(=O)OCCCCOCOCC/C=C\CCCC)CC(O)C(=O)OCCCCOCOCC/C=C\CCCC. The van der Waals surface area contributed by atoms with Gasteiger partial charge in [-0.1, -0.05) is 128 Å². The molecule has 0 bridgehead atoms. The van der Waals surface area contributed by atoms with Crippen LogP contribution in [0.25, 0.3) is 0 Å². The molecule has 0 fully saturated rings. The van der Waals surface area contributed by atoms with Crippen LogP contribution in [0.2, 0.25) is 0 Å². The van der Waals surface area contributed by atoms with E-state index in [0.717, 1.165) is 77.0 Å². The van der Waals surface area contributed by atoms with Crippen molar-refractivity contribution in [3.63, 3.8) is 0 Å². The molecule has 0 aliphatic rings. The van der Waals surface area contributed by atoms with Crippen molar-refractivity contribution in [2.75, 3.05) is 166 Å². The number of esters is 4. The van der Waals surface area contributed by atoms with Crippen molar-refractivity contribution in [2.45, 2.75) is 206 Å². The molecular weight excluding hydrogens is 1190 g/mol. The molecule has 4 N–H and O–H groups in total. The van der Waals surface area contributed by atoms with E-state index in [1.165, 1.54) is 25.7 Å². The van der Waals surface area contributed by atoms with E-state index in [1.807, 2.05) is 4.90 Å². The number of rotatable bonds is 70. The summed E-state index contributed by atoms with van der Waals surface area (Å²) in [6, 6.07) is 0. The molecule has 0 saturated carbocycles. The van der Waals surface area contributed by atoms with Gasteiger partial charge in [0.05, 0.1) is 52.9 Å². The molecule has 0 rings (SSSR count). The summed E-state index contributed by atoms with van der Waals surface area (Å²) in [4.78, 5) is 57.1. The number of hydrogen-bond acceptors (Lipinski definition) is 23. The lowest BCUT2D eigenvalue weighted by Crippen LogP contribution is -2.48. The first kappa shape index (κ1) is 88.2. The van der Waals surface area contributed by atoms with Gasteiger partial charge in [-0.2, -0.15) is 0 Å². The number of likely N-dealkylation sites (N-methyl/N-ethyl adjacent to an activating group) is 1. The molecule has 23 nitrogen and oxygen atoms in total. The lowest BCUT2D eigenvalue weighted by atomic mass is 10.2. The van der Waals surface area contributed by atoms with Crippen LogP contribution in [0.4, 0.5) is 0 Å². The van der Waals surface area contributed by atoms with E-state index >= 15 is 0 Å². The molecule has 0 aromatic rings. The second kappa shape index (κ2) is 68.6. The molecule has 0 aromatic carbocycles. The molecule has 4 unspecified atom stereocenters. The van der Waals surface area contributed by atoms with Gasteiger partial charge in [0.2, 0.25) is 0 Å². The standard InChI is InChI=1S/C69H127N3O20/c1-6-10-14-18-22-26-42-81-58-85-46-30-34-50-89-66(77)62(73)54-71(55-63(74)67(78)90-51-35-31-47-86-59-82-43-27-23-19-15-11-7-2)40-38-70(5)39-41-72(56-64(75)68(79)91-52-36-32-48-87-60-83-44-28-24-20-16-12-8-3)57-65(76)69(80)92-53-37-33-49-88-61-84-45-29-25-21-17-13-9-4/h18-25,62-65,73-76H,6-17,26-61H2,1-5H3/b22-18-,23-19-,24-20-,25-21-. The highest BCUT2D eigenvalue weighted by Gasteiger charge is 2.28. The molecule has 92 heavy (non-hydrogen) atoms. The van der Waals surface area contributed by atoms with Crippen LogP contribution in [-0.2, 0) is 76.0 Å². The maximum absolute atomic E-state index is 13.0. The average Bonchev–Trinajstić information content (AvgIpc) is 1.71. The quantitative estimate of drug-likeness (QED) is 0.0146. The number of nitrogens with zero attached hydrogens (tertiary/aromatic N) is 3. The summed E-state index contributed by atoms with van der Waals surface area (Å²) in [7, 11) is 1.78. The van der Waals surface area contributed by atoms with Gasteiger partial charge in [0.1, 0.15) is 27.2 Å². The van der Waals surface area contributed by atoms with Gasteiger partial charge in [-0.25, -0.2) is 19.2 Å². The molecule has 0 aromatic heterocycles. The molecular formula is C69H127N3O20. The van der Waals surface area contributed by atoms with Crippen molar-refractivity contribution in [3.8, 4) is 0 Å². The highest BCUT2D eigenvalue weighted by Crippen LogP contribution is 2.08. The Bertz CT molecular complexity index is 1560. The second-order valence-corrected chi connectivity index (χ2v) is 22.7. The van der Waals surface area contributed by atoms with Crippen molar-refractivity contribution < 1.29 is 96.4 Å². The molecule has 0 saturated heterocycles. The summed E-state index contributed by atoms with van der Waals surface area (Å²) >= 11 is 0. The van der Waals surface area contributed by atoms with Gasteiger partial charge in [-0.05, 0) is 110 Å². The Morgan fingerprint density at radius 1 is 0.293 bits per heavy atom. The maximum Gasteiger partial charge on any atom is 0.336 e. The number of carbonyl (C=O) groups excluding carboxylic acids is 4. The summed E-state index contributed by atoms with van der Waals surface area (Å²) in [5.74, 6) is -3.48. The fraction of sp³-hybridized carbons (Fsp3) is 0.826. The number of unbranched alkanes of at least 4 members (excludes halogenated alkanes) is 12. The fourth-order valence-corrected chi connectivity index (χ4v) is 8.37. The van der Waals surface area contributed by atoms with Gasteiger partial charge in [0.25, 0.3) is 0 Å². The molecule has 4 atom stereocenters. The molecule has 0 spiro atoms. The summed E-state index contributed by atoms with van der Waals surface area (Å²) in [5.41, 5.74) is 0. The first-order valence-electron chi connectivity index (χ1n) is 34.6. The van der Waals surface area contributed by atoms with Crippen LogP contribution in [0, 0.1) is 0 Å². The van der Waals surface area contributed by atoms with Crippen molar-refractivity contribution in [3.05, 3.63) is 48.6 Å². The van der Waals surface area contributed by atoms with E-state index in [0.29, 0.717) is 104 Å². The van der Waals surface area contributed by atoms with Gasteiger partial charge >= 0.3 is 23.9 Å². The summed E-state index contributed by atoms with van der Waals surface area (Å²) in [5, 5.41) is 44.2. The van der Waals surface area contributed by atoms with Crippen LogP contribution in [0.15, 0.2) is 48.6 Å². The van der Waals surface area contributed by atoms with Crippen LogP contribution in [0.3, 0.4) is 0 Å². The smallest absolute Gasteiger partial charge is 0.336 e. The summed E-state index contributed by atoms with van der Waals surface area (Å²) in [6.45, 7) is 12.9. The molecule has 0 aliphatic carbocycles. The van der Waals surface area contributed by atoms with E-state index in [4.69, 9.17) is 56.8 Å². The van der Waals surface area contributed by atoms with Crippen molar-refractivity contribution in [2.24, 2.45) is 0 Å². The lowest BCUT2D eigenvalue weighted by Gasteiger charge is -2.30. The van der Waals surface area contributed by atoms with Gasteiger partial charge in [-0.15, -0.1) is 0 Å². The number of aliphatic hydroxyl groups is 4. The number of carbonyl (C=O) groups is 4. The molecule has 23 heteroatoms. The van der Waals surface area contributed by atoms with Crippen LogP contribution in [0.5, 0.6) is 0 Å². The Morgan fingerprint density at radius 3 is 0.728 bits per heavy atom. The zero-order valence-electron chi connectivity index (χ0n) is 57.5. The van der Waals surface area contributed by atoms with Gasteiger partial charge < -0.3 is 82.2 Å². The zero-order chi connectivity index (χ0) is 67.4. The lowest BCUT2D eigenvalue weighted by molar-refractivity contribution is -0.158. The third kappa shape index (κ3) is 59.9. The predicted octanol–water partition coefficient (Wildman–Crippen LogP) is 8.77. The Balaban J connectivity index is 5.61. The first-order chi connectivity index (χ1) is 44.9. The van der Waals surface area contributed by atoms with Crippen LogP contribution < -0.4 is 0 Å². The third-order valence-corrected chi connectivity index (χ3v) is 14.1. The van der Waals surface area contributed by atoms with Gasteiger partial charge in [0.15, 0.2) is 24.4 Å². The van der Waals surface area contributed by atoms with Crippen molar-refractivity contribution in [1.29, 1.82) is 0 Å². The Hall–Kier alpha value is -3.76. The van der Waals surface area contributed by atoms with E-state index in [2.05, 4.69) is 76.3 Å². The molecule has 538 valence electrons. The molecule has 0 radical (unpaired) electrons. The average molecular weight is 1320 g/mol. The Morgan fingerprint density at radius 2 is 0.500 bits per heavy atom. The molecule has 0 amide bonds. The Labute approximate surface area is 553 Å². The minimum absolute atomic E-state index is 0.0395. The highest BCUT2D eigenvalue weighted by molar-refractivity contribution is 5.76. The highest BCUT2D eigenvalue weighted by atomic mass is 16.7. The summed E-state index contributed by atoms with van der Waals surface area (Å²) < 4.78 is 65.7. The predicted molar refractivity (Wildman–Crippen MR) is 355 cm³/mol. The minimum atomic E-state index is -1.62. The van der Waals surface area contributed by atoms with Crippen LogP contribution in [0.1, 0.15) is 182 Å². The molecule has 0 heterocycles. The summed E-state index contributed by atoms with van der Waals surface area (Å²) in [6.07, 6.45) is 31.7. The topological polar surface area (TPSA) is 270 Å². The number of hydrogen-bond donors (Lipinski definition) is 4. The maximum atomic E-state index is 13.0. The number of ether oxygens (including phenoxy) is 12. The van der Waals surface area contributed by atoms with E-state index in [9.17, 15) is 39.6 Å². The zero-order valence-corrected chi connectivity index (χ0v) is 57.5. The number of aliphatic hydroxyl groups excluding tert-OH is 4. The van der Waals surface area contributed by atoms with E-state index in [1.54, 1.807) is 16.8 Å². The monoisotopic (exact) mass is 1320 g/mol. The second-order valence-electron chi connectivity index (χ2n) is 22.7. The van der Waals surface area contributed by atoms with E-state index < -0.39 is 48.3 Å². The Kier molecular flexibility index (Phi) is 65.8. The number of allylic oxidation sites excluding steroid dienone is 4. The van der Waals surface area contributed by atoms with Crippen LogP contribution >= 0.6 is 0 Å². The normalized spacial score (nSPS) is 13.4. The van der Waals surface area contributed by atoms with E-state index in [-0.39, 0.29) is 106 Å². The largest absolute Gasteiger partial charge is 0.464 e. The van der Waals surface area contributed by atoms with Crippen molar-refractivity contribution >= 4 is 23.9 Å².